The molecule has 3 heterocycles. The number of carbonyl (C=O) groups is 3. The number of benzene rings is 1. The molecule has 0 aliphatic carbocycles. The Kier molecular flexibility index (Phi) is 8.61. The summed E-state index contributed by atoms with van der Waals surface area (Å²) in [6, 6.07) is 5.86. The maximum Gasteiger partial charge on any atom is 0.251 e. The van der Waals surface area contributed by atoms with E-state index in [2.05, 4.69) is 15.1 Å². The fourth-order valence-corrected chi connectivity index (χ4v) is 5.27. The first-order chi connectivity index (χ1) is 17.3. The van der Waals surface area contributed by atoms with Crippen LogP contribution in [-0.2, 0) is 19.1 Å². The summed E-state index contributed by atoms with van der Waals surface area (Å²) in [7, 11) is 1.71. The van der Waals surface area contributed by atoms with Crippen LogP contribution in [0.15, 0.2) is 24.3 Å². The maximum atomic E-state index is 13.4. The van der Waals surface area contributed by atoms with Crippen molar-refractivity contribution < 1.29 is 29.0 Å². The van der Waals surface area contributed by atoms with Crippen molar-refractivity contribution in [3.63, 3.8) is 0 Å². The molecule has 0 saturated carbocycles. The molecule has 36 heavy (non-hydrogen) atoms. The highest BCUT2D eigenvalue weighted by Gasteiger charge is 2.52. The van der Waals surface area contributed by atoms with E-state index < -0.39 is 24.3 Å². The summed E-state index contributed by atoms with van der Waals surface area (Å²) in [5.41, 5.74) is 1.53. The van der Waals surface area contributed by atoms with Gasteiger partial charge in [-0.25, -0.2) is 0 Å². The number of rotatable bonds is 9. The number of methoxy groups -OCH3 is 1. The van der Waals surface area contributed by atoms with Crippen molar-refractivity contribution in [1.82, 2.24) is 15.1 Å². The average molecular weight is 503 g/mol. The first-order valence-corrected chi connectivity index (χ1v) is 12.8. The molecule has 0 radical (unpaired) electrons. The lowest BCUT2D eigenvalue weighted by Crippen LogP contribution is -2.52. The molecule has 4 rings (SSSR count). The highest BCUT2D eigenvalue weighted by atomic mass is 16.5. The number of anilines is 1. The van der Waals surface area contributed by atoms with E-state index in [1.807, 2.05) is 26.0 Å². The number of ketones is 1. The number of likely N-dealkylation sites (tertiary alicyclic amines) is 1. The van der Waals surface area contributed by atoms with Crippen molar-refractivity contribution >= 4 is 23.3 Å². The van der Waals surface area contributed by atoms with E-state index in [9.17, 15) is 19.5 Å². The Morgan fingerprint density at radius 3 is 2.50 bits per heavy atom. The Balaban J connectivity index is 1.38. The molecule has 2 amide bonds. The quantitative estimate of drug-likeness (QED) is 0.491. The van der Waals surface area contributed by atoms with Gasteiger partial charge >= 0.3 is 0 Å². The first kappa shape index (κ1) is 26.5. The van der Waals surface area contributed by atoms with Gasteiger partial charge in [0.15, 0.2) is 5.78 Å². The summed E-state index contributed by atoms with van der Waals surface area (Å²) in [5.74, 6) is -0.765. The van der Waals surface area contributed by atoms with Gasteiger partial charge in [0.25, 0.3) is 5.91 Å². The molecule has 10 heteroatoms. The van der Waals surface area contributed by atoms with Crippen LogP contribution in [0, 0.1) is 5.92 Å². The third-order valence-corrected chi connectivity index (χ3v) is 7.23. The zero-order chi connectivity index (χ0) is 25.8. The van der Waals surface area contributed by atoms with Crippen LogP contribution in [0.5, 0.6) is 0 Å². The number of nitrogens with one attached hydrogen (secondary N) is 1. The molecule has 0 spiro atoms. The van der Waals surface area contributed by atoms with Crippen LogP contribution in [0.1, 0.15) is 30.6 Å². The second-order valence-electron chi connectivity index (χ2n) is 10.3. The van der Waals surface area contributed by atoms with E-state index >= 15 is 0 Å². The molecule has 1 unspecified atom stereocenters. The summed E-state index contributed by atoms with van der Waals surface area (Å²) in [4.78, 5) is 44.9. The van der Waals surface area contributed by atoms with Gasteiger partial charge in [-0.1, -0.05) is 13.8 Å². The molecule has 4 atom stereocenters. The van der Waals surface area contributed by atoms with Gasteiger partial charge in [0, 0.05) is 51.1 Å². The van der Waals surface area contributed by atoms with Crippen LogP contribution >= 0.6 is 0 Å². The summed E-state index contributed by atoms with van der Waals surface area (Å²) in [5, 5.41) is 13.2. The zero-order valence-electron chi connectivity index (χ0n) is 21.4. The largest absolute Gasteiger partial charge is 0.388 e. The minimum absolute atomic E-state index is 0.0256. The topological polar surface area (TPSA) is 112 Å². The highest BCUT2D eigenvalue weighted by molar-refractivity contribution is 5.99. The lowest BCUT2D eigenvalue weighted by molar-refractivity contribution is -0.138. The van der Waals surface area contributed by atoms with E-state index in [1.165, 1.54) is 4.90 Å². The Morgan fingerprint density at radius 2 is 1.86 bits per heavy atom. The van der Waals surface area contributed by atoms with E-state index in [0.29, 0.717) is 12.0 Å². The standard InChI is InChI=1S/C26H38N4O6/c1-17(2)14-20(26(34)30-15-21(31)24-23(30)22(32)16-36-24)27-25(33)18-4-6-19(7-5-18)29-10-8-28(9-11-29)12-13-35-3/h4-7,17,20-21,23-24,31H,8-16H2,1-3H3,(H,27,33)/t20?,21-,23-,24-/m1/s1. The van der Waals surface area contributed by atoms with Crippen LogP contribution in [0.4, 0.5) is 5.69 Å². The number of amides is 2. The van der Waals surface area contributed by atoms with Gasteiger partial charge in [0.05, 0.1) is 13.2 Å². The number of hydrogen-bond acceptors (Lipinski definition) is 8. The molecule has 2 N–H and O–H groups in total. The number of β-amino-alcohol motifs (C(OH)–C–C–N with tert-alkyl or cyclic N) is 1. The van der Waals surface area contributed by atoms with Crippen molar-refractivity contribution in [3.8, 4) is 0 Å². The van der Waals surface area contributed by atoms with Gasteiger partial charge in [-0.05, 0) is 36.6 Å². The Morgan fingerprint density at radius 1 is 1.17 bits per heavy atom. The number of ether oxygens (including phenoxy) is 2. The molecular formula is C26H38N4O6. The SMILES string of the molecule is COCCN1CCN(c2ccc(C(=O)NC(CC(C)C)C(=O)N3C[C@@H](O)[C@H]4OCC(=O)[C@H]43)cc2)CC1. The molecule has 10 nitrogen and oxygen atoms in total. The van der Waals surface area contributed by atoms with Gasteiger partial charge in [-0.2, -0.15) is 0 Å². The smallest absolute Gasteiger partial charge is 0.251 e. The monoisotopic (exact) mass is 502 g/mol. The second-order valence-corrected chi connectivity index (χ2v) is 10.3. The molecule has 3 fully saturated rings. The highest BCUT2D eigenvalue weighted by Crippen LogP contribution is 2.29. The Bertz CT molecular complexity index is 931. The molecule has 0 bridgehead atoms. The predicted molar refractivity (Wildman–Crippen MR) is 134 cm³/mol. The van der Waals surface area contributed by atoms with Crippen LogP contribution in [0.2, 0.25) is 0 Å². The lowest BCUT2D eigenvalue weighted by Gasteiger charge is -2.36. The van der Waals surface area contributed by atoms with E-state index in [1.54, 1.807) is 19.2 Å². The number of carbonyl (C=O) groups excluding carboxylic acids is 3. The number of nitrogens with zero attached hydrogens (tertiary/aromatic N) is 3. The minimum atomic E-state index is -0.907. The molecular weight excluding hydrogens is 464 g/mol. The predicted octanol–water partition coefficient (Wildman–Crippen LogP) is 0.139. The molecule has 0 aromatic heterocycles. The van der Waals surface area contributed by atoms with E-state index in [4.69, 9.17) is 9.47 Å². The molecule has 3 saturated heterocycles. The van der Waals surface area contributed by atoms with Crippen LogP contribution in [-0.4, -0.2) is 116 Å². The van der Waals surface area contributed by atoms with Crippen LogP contribution in [0.25, 0.3) is 0 Å². The van der Waals surface area contributed by atoms with Crippen molar-refractivity contribution in [2.45, 2.75) is 44.6 Å². The van der Waals surface area contributed by atoms with Crippen LogP contribution in [0.3, 0.4) is 0 Å². The fourth-order valence-electron chi connectivity index (χ4n) is 5.27. The van der Waals surface area contributed by atoms with Crippen molar-refractivity contribution in [2.75, 3.05) is 64.5 Å². The van der Waals surface area contributed by atoms with Gasteiger partial charge in [0.1, 0.15) is 30.9 Å². The van der Waals surface area contributed by atoms with Crippen molar-refractivity contribution in [3.05, 3.63) is 29.8 Å². The van der Waals surface area contributed by atoms with Crippen molar-refractivity contribution in [1.29, 1.82) is 0 Å². The number of aliphatic hydroxyl groups is 1. The third kappa shape index (κ3) is 5.88. The van der Waals surface area contributed by atoms with E-state index in [0.717, 1.165) is 45.0 Å². The lowest BCUT2D eigenvalue weighted by atomic mass is 10.0. The second kappa shape index (κ2) is 11.7. The van der Waals surface area contributed by atoms with Gasteiger partial charge < -0.3 is 29.7 Å². The number of fused-ring (bicyclic) bond motifs is 1. The molecule has 198 valence electrons. The summed E-state index contributed by atoms with van der Waals surface area (Å²) >= 11 is 0. The Labute approximate surface area is 212 Å². The summed E-state index contributed by atoms with van der Waals surface area (Å²) in [6.45, 7) is 9.27. The molecule has 3 aliphatic heterocycles. The van der Waals surface area contributed by atoms with Crippen LogP contribution < -0.4 is 10.2 Å². The normalized spacial score (nSPS) is 25.4. The van der Waals surface area contributed by atoms with Gasteiger partial charge in [-0.3, -0.25) is 19.3 Å². The van der Waals surface area contributed by atoms with E-state index in [-0.39, 0.29) is 36.7 Å². The summed E-state index contributed by atoms with van der Waals surface area (Å²) < 4.78 is 10.5. The van der Waals surface area contributed by atoms with Gasteiger partial charge in [0.2, 0.25) is 5.91 Å². The van der Waals surface area contributed by atoms with Gasteiger partial charge in [-0.15, -0.1) is 0 Å². The summed E-state index contributed by atoms with van der Waals surface area (Å²) in [6.07, 6.45) is -1.17. The molecule has 3 aliphatic rings. The number of piperazine rings is 1. The molecule has 1 aromatic rings. The third-order valence-electron chi connectivity index (χ3n) is 7.23. The molecule has 1 aromatic carbocycles. The maximum absolute atomic E-state index is 13.4. The number of aliphatic hydroxyl groups excluding tert-OH is 1. The zero-order valence-corrected chi connectivity index (χ0v) is 21.4. The minimum Gasteiger partial charge on any atom is -0.388 e. The first-order valence-electron chi connectivity index (χ1n) is 12.8. The number of hydrogen-bond donors (Lipinski definition) is 2. The Hall–Kier alpha value is -2.53. The average Bonchev–Trinajstić information content (AvgIpc) is 3.42. The van der Waals surface area contributed by atoms with Crippen molar-refractivity contribution in [2.24, 2.45) is 5.92 Å². The fraction of sp³-hybridized carbons (Fsp3) is 0.654. The number of Topliss-reactive ketones (excluding diaryl/α,β-unsaturated/α-hetero) is 1.